The topological polar surface area (TPSA) is 52.6 Å². The van der Waals surface area contributed by atoms with E-state index >= 15 is 0 Å². The summed E-state index contributed by atoms with van der Waals surface area (Å²) in [7, 11) is 0. The van der Waals surface area contributed by atoms with Crippen LogP contribution in [0.2, 0.25) is 0 Å². The molecule has 2 unspecified atom stereocenters. The van der Waals surface area contributed by atoms with Gasteiger partial charge in [0.1, 0.15) is 0 Å². The van der Waals surface area contributed by atoms with Crippen LogP contribution in [0.5, 0.6) is 0 Å². The molecular formula is C13H24O4. The van der Waals surface area contributed by atoms with E-state index in [1.807, 2.05) is 13.8 Å². The second kappa shape index (κ2) is 9.02. The monoisotopic (exact) mass is 244 g/mol. The van der Waals surface area contributed by atoms with Gasteiger partial charge in [0.2, 0.25) is 0 Å². The summed E-state index contributed by atoms with van der Waals surface area (Å²) in [5.41, 5.74) is 0. The number of hydrogen-bond donors (Lipinski definition) is 0. The zero-order valence-corrected chi connectivity index (χ0v) is 11.3. The first-order valence-corrected chi connectivity index (χ1v) is 6.39. The Kier molecular flexibility index (Phi) is 8.46. The average Bonchev–Trinajstić information content (AvgIpc) is 2.32. The predicted molar refractivity (Wildman–Crippen MR) is 64.9 cm³/mol. The summed E-state index contributed by atoms with van der Waals surface area (Å²) in [4.78, 5) is 31.3. The molecule has 0 N–H and O–H groups in total. The van der Waals surface area contributed by atoms with Crippen LogP contribution in [0.15, 0.2) is 0 Å². The lowest BCUT2D eigenvalue weighted by Crippen LogP contribution is -2.14. The lowest BCUT2D eigenvalue weighted by molar-refractivity contribution is -0.259. The van der Waals surface area contributed by atoms with Gasteiger partial charge in [0, 0.05) is 0 Å². The lowest BCUT2D eigenvalue weighted by atomic mass is 10.0. The molecule has 0 rings (SSSR count). The minimum atomic E-state index is -0.476. The Morgan fingerprint density at radius 3 is 2.00 bits per heavy atom. The summed E-state index contributed by atoms with van der Waals surface area (Å²) in [5, 5.41) is 0. The summed E-state index contributed by atoms with van der Waals surface area (Å²) in [6, 6.07) is 0. The highest BCUT2D eigenvalue weighted by molar-refractivity contribution is 5.72. The predicted octanol–water partition coefficient (Wildman–Crippen LogP) is 3.25. The first-order valence-electron chi connectivity index (χ1n) is 6.39. The third-order valence-corrected chi connectivity index (χ3v) is 2.98. The van der Waals surface area contributed by atoms with Crippen molar-refractivity contribution < 1.29 is 19.4 Å². The Balaban J connectivity index is 3.66. The third kappa shape index (κ3) is 8.72. The number of carbonyl (C=O) groups is 2. The van der Waals surface area contributed by atoms with E-state index in [0.29, 0.717) is 12.3 Å². The molecular weight excluding hydrogens is 220 g/mol. The van der Waals surface area contributed by atoms with Gasteiger partial charge in [-0.1, -0.05) is 40.5 Å². The van der Waals surface area contributed by atoms with Crippen molar-refractivity contribution in [1.29, 1.82) is 0 Å². The highest BCUT2D eigenvalue weighted by atomic mass is 17.2. The van der Waals surface area contributed by atoms with Crippen molar-refractivity contribution in [2.75, 3.05) is 0 Å². The van der Waals surface area contributed by atoms with Gasteiger partial charge in [0.15, 0.2) is 0 Å². The standard InChI is InChI=1S/C13H24O4/c1-5-10(3)7-8-12(14)16-17-13(15)9-11(4)6-2/h10-11H,5-9H2,1-4H3. The van der Waals surface area contributed by atoms with Gasteiger partial charge in [-0.05, 0) is 18.3 Å². The molecule has 0 heterocycles. The maximum Gasteiger partial charge on any atom is 0.355 e. The van der Waals surface area contributed by atoms with Crippen LogP contribution in [0.3, 0.4) is 0 Å². The maximum absolute atomic E-state index is 11.2. The Labute approximate surface area is 104 Å². The van der Waals surface area contributed by atoms with E-state index in [4.69, 9.17) is 0 Å². The van der Waals surface area contributed by atoms with Gasteiger partial charge in [-0.15, -0.1) is 0 Å². The Hall–Kier alpha value is -1.06. The number of rotatable bonds is 7. The summed E-state index contributed by atoms with van der Waals surface area (Å²) < 4.78 is 0. The highest BCUT2D eigenvalue weighted by Crippen LogP contribution is 2.11. The zero-order valence-electron chi connectivity index (χ0n) is 11.3. The van der Waals surface area contributed by atoms with Crippen molar-refractivity contribution in [2.24, 2.45) is 11.8 Å². The number of hydrogen-bond acceptors (Lipinski definition) is 4. The molecule has 0 saturated carbocycles. The molecule has 0 amide bonds. The van der Waals surface area contributed by atoms with Crippen molar-refractivity contribution in [3.8, 4) is 0 Å². The zero-order chi connectivity index (χ0) is 13.3. The Bertz CT molecular complexity index is 238. The molecule has 0 spiro atoms. The van der Waals surface area contributed by atoms with Gasteiger partial charge in [-0.25, -0.2) is 19.4 Å². The molecule has 0 aliphatic carbocycles. The first kappa shape index (κ1) is 15.9. The van der Waals surface area contributed by atoms with E-state index in [9.17, 15) is 9.59 Å². The van der Waals surface area contributed by atoms with E-state index in [1.165, 1.54) is 0 Å². The van der Waals surface area contributed by atoms with Crippen LogP contribution >= 0.6 is 0 Å². The van der Waals surface area contributed by atoms with Crippen molar-refractivity contribution in [2.45, 2.75) is 59.8 Å². The molecule has 0 aromatic heterocycles. The molecule has 17 heavy (non-hydrogen) atoms. The summed E-state index contributed by atoms with van der Waals surface area (Å²) >= 11 is 0. The van der Waals surface area contributed by atoms with Gasteiger partial charge in [-0.3, -0.25) is 0 Å². The van der Waals surface area contributed by atoms with Crippen molar-refractivity contribution in [3.63, 3.8) is 0 Å². The Morgan fingerprint density at radius 1 is 0.941 bits per heavy atom. The molecule has 0 bridgehead atoms. The van der Waals surface area contributed by atoms with Crippen LogP contribution in [0, 0.1) is 11.8 Å². The molecule has 0 aliphatic rings. The molecule has 4 heteroatoms. The van der Waals surface area contributed by atoms with Crippen LogP contribution < -0.4 is 0 Å². The van der Waals surface area contributed by atoms with Crippen molar-refractivity contribution >= 4 is 11.9 Å². The average molecular weight is 244 g/mol. The van der Waals surface area contributed by atoms with Gasteiger partial charge in [0.05, 0.1) is 12.8 Å². The van der Waals surface area contributed by atoms with Crippen LogP contribution in [-0.4, -0.2) is 11.9 Å². The largest absolute Gasteiger partial charge is 0.355 e. The molecule has 0 aromatic carbocycles. The minimum absolute atomic E-state index is 0.251. The molecule has 0 aromatic rings. The van der Waals surface area contributed by atoms with Gasteiger partial charge >= 0.3 is 11.9 Å². The van der Waals surface area contributed by atoms with Crippen LogP contribution in [0.1, 0.15) is 59.8 Å². The van der Waals surface area contributed by atoms with E-state index in [1.54, 1.807) is 0 Å². The van der Waals surface area contributed by atoms with E-state index in [0.717, 1.165) is 19.3 Å². The number of carbonyl (C=O) groups excluding carboxylic acids is 2. The molecule has 0 saturated heterocycles. The fourth-order valence-electron chi connectivity index (χ4n) is 1.17. The minimum Gasteiger partial charge on any atom is -0.247 e. The normalized spacial score (nSPS) is 13.9. The summed E-state index contributed by atoms with van der Waals surface area (Å²) in [6.07, 6.45) is 3.27. The molecule has 0 radical (unpaired) electrons. The van der Waals surface area contributed by atoms with E-state index in [-0.39, 0.29) is 12.3 Å². The lowest BCUT2D eigenvalue weighted by Gasteiger charge is -2.08. The van der Waals surface area contributed by atoms with E-state index < -0.39 is 11.9 Å². The first-order chi connectivity index (χ1) is 7.99. The quantitative estimate of drug-likeness (QED) is 0.509. The second-order valence-electron chi connectivity index (χ2n) is 4.68. The summed E-state index contributed by atoms with van der Waals surface area (Å²) in [6.45, 7) is 8.09. The molecule has 100 valence electrons. The van der Waals surface area contributed by atoms with Crippen molar-refractivity contribution in [1.82, 2.24) is 0 Å². The fraction of sp³-hybridized carbons (Fsp3) is 0.846. The second-order valence-corrected chi connectivity index (χ2v) is 4.68. The van der Waals surface area contributed by atoms with Crippen LogP contribution in [0.25, 0.3) is 0 Å². The maximum atomic E-state index is 11.2. The molecule has 0 fully saturated rings. The SMILES string of the molecule is CCC(C)CCC(=O)OOC(=O)CC(C)CC. The smallest absolute Gasteiger partial charge is 0.247 e. The summed E-state index contributed by atoms with van der Waals surface area (Å²) in [5.74, 6) is -0.210. The van der Waals surface area contributed by atoms with Gasteiger partial charge < -0.3 is 0 Å². The van der Waals surface area contributed by atoms with Crippen LogP contribution in [0.4, 0.5) is 0 Å². The van der Waals surface area contributed by atoms with Gasteiger partial charge in [0.25, 0.3) is 0 Å². The van der Waals surface area contributed by atoms with Gasteiger partial charge in [-0.2, -0.15) is 0 Å². The molecule has 0 aliphatic heterocycles. The van der Waals surface area contributed by atoms with Crippen molar-refractivity contribution in [3.05, 3.63) is 0 Å². The fourth-order valence-corrected chi connectivity index (χ4v) is 1.17. The third-order valence-electron chi connectivity index (χ3n) is 2.98. The molecule has 2 atom stereocenters. The molecule has 4 nitrogen and oxygen atoms in total. The van der Waals surface area contributed by atoms with E-state index in [2.05, 4.69) is 23.6 Å². The highest BCUT2D eigenvalue weighted by Gasteiger charge is 2.13. The van der Waals surface area contributed by atoms with Crippen LogP contribution in [-0.2, 0) is 19.4 Å². The Morgan fingerprint density at radius 2 is 1.47 bits per heavy atom.